The smallest absolute Gasteiger partial charge is 0.348 e. The Labute approximate surface area is 164 Å². The minimum absolute atomic E-state index is 0.250. The van der Waals surface area contributed by atoms with Crippen LogP contribution in [0.25, 0.3) is 6.08 Å². The highest BCUT2D eigenvalue weighted by Crippen LogP contribution is 2.38. The number of ether oxygens (including phenoxy) is 5. The molecule has 0 spiro atoms. The summed E-state index contributed by atoms with van der Waals surface area (Å²) in [5.41, 5.74) is 0.209. The third-order valence-electron chi connectivity index (χ3n) is 3.51. The summed E-state index contributed by atoms with van der Waals surface area (Å²) in [6, 6.07) is 3.13. The fraction of sp³-hybridized carbons (Fsp3) is 0.389. The minimum Gasteiger partial charge on any atom is -0.493 e. The van der Waals surface area contributed by atoms with Gasteiger partial charge in [-0.05, 0) is 46.6 Å². The van der Waals surface area contributed by atoms with Crippen molar-refractivity contribution in [2.24, 2.45) is 0 Å². The standard InChI is InChI=1S/C18H19BrO8/c1-9(15(20)24-5)25-14-12(19)7-10(8-13(14)23-4)6-11-16(21)26-18(2,3)27-17(11)22/h6-9H,1-5H3. The number of hydrogen-bond donors (Lipinski definition) is 0. The number of benzene rings is 1. The number of cyclic esters (lactones) is 2. The van der Waals surface area contributed by atoms with Crippen LogP contribution in [0.2, 0.25) is 0 Å². The number of carbonyl (C=O) groups is 3. The van der Waals surface area contributed by atoms with Gasteiger partial charge in [-0.2, -0.15) is 0 Å². The molecule has 0 aliphatic carbocycles. The highest BCUT2D eigenvalue weighted by atomic mass is 79.9. The lowest BCUT2D eigenvalue weighted by Crippen LogP contribution is -2.41. The Morgan fingerprint density at radius 1 is 1.19 bits per heavy atom. The summed E-state index contributed by atoms with van der Waals surface area (Å²) in [5.74, 6) is -2.88. The Morgan fingerprint density at radius 3 is 2.30 bits per heavy atom. The number of carbonyl (C=O) groups excluding carboxylic acids is 3. The van der Waals surface area contributed by atoms with Crippen LogP contribution in [0.4, 0.5) is 0 Å². The van der Waals surface area contributed by atoms with Crippen LogP contribution >= 0.6 is 15.9 Å². The van der Waals surface area contributed by atoms with E-state index in [2.05, 4.69) is 20.7 Å². The largest absolute Gasteiger partial charge is 0.493 e. The quantitative estimate of drug-likeness (QED) is 0.389. The maximum absolute atomic E-state index is 12.1. The lowest BCUT2D eigenvalue weighted by molar-refractivity contribution is -0.222. The molecule has 0 N–H and O–H groups in total. The Hall–Kier alpha value is -2.55. The van der Waals surface area contributed by atoms with E-state index in [9.17, 15) is 14.4 Å². The van der Waals surface area contributed by atoms with Gasteiger partial charge in [0.2, 0.25) is 0 Å². The van der Waals surface area contributed by atoms with Crippen molar-refractivity contribution in [3.63, 3.8) is 0 Å². The Kier molecular flexibility index (Phi) is 6.15. The molecule has 1 atom stereocenters. The van der Waals surface area contributed by atoms with Crippen molar-refractivity contribution >= 4 is 39.9 Å². The van der Waals surface area contributed by atoms with Crippen LogP contribution in [-0.4, -0.2) is 44.0 Å². The lowest BCUT2D eigenvalue weighted by atomic mass is 10.1. The minimum atomic E-state index is -1.31. The van der Waals surface area contributed by atoms with Crippen molar-refractivity contribution in [1.29, 1.82) is 0 Å². The predicted octanol–water partition coefficient (Wildman–Crippen LogP) is 2.62. The highest BCUT2D eigenvalue weighted by molar-refractivity contribution is 9.10. The van der Waals surface area contributed by atoms with Gasteiger partial charge in [-0.25, -0.2) is 14.4 Å². The van der Waals surface area contributed by atoms with Crippen LogP contribution in [0.15, 0.2) is 22.2 Å². The maximum Gasteiger partial charge on any atom is 0.348 e. The van der Waals surface area contributed by atoms with E-state index in [1.54, 1.807) is 6.07 Å². The molecule has 1 saturated heterocycles. The van der Waals surface area contributed by atoms with E-state index in [0.29, 0.717) is 10.0 Å². The van der Waals surface area contributed by atoms with Gasteiger partial charge >= 0.3 is 17.9 Å². The Balaban J connectivity index is 2.37. The summed E-state index contributed by atoms with van der Waals surface area (Å²) in [7, 11) is 2.67. The summed E-state index contributed by atoms with van der Waals surface area (Å²) in [5, 5.41) is 0. The molecule has 0 amide bonds. The number of hydrogen-bond acceptors (Lipinski definition) is 8. The third-order valence-corrected chi connectivity index (χ3v) is 4.10. The molecule has 1 aromatic rings. The van der Waals surface area contributed by atoms with E-state index in [-0.39, 0.29) is 17.1 Å². The van der Waals surface area contributed by atoms with E-state index in [1.807, 2.05) is 0 Å². The molecule has 0 aromatic heterocycles. The van der Waals surface area contributed by atoms with Crippen molar-refractivity contribution < 1.29 is 38.1 Å². The van der Waals surface area contributed by atoms with Crippen molar-refractivity contribution in [2.45, 2.75) is 32.7 Å². The zero-order valence-electron chi connectivity index (χ0n) is 15.5. The predicted molar refractivity (Wildman–Crippen MR) is 97.0 cm³/mol. The molecule has 1 fully saturated rings. The average Bonchev–Trinajstić information content (AvgIpc) is 2.58. The number of methoxy groups -OCH3 is 2. The van der Waals surface area contributed by atoms with Crippen molar-refractivity contribution in [3.05, 3.63) is 27.7 Å². The highest BCUT2D eigenvalue weighted by Gasteiger charge is 2.38. The van der Waals surface area contributed by atoms with E-state index >= 15 is 0 Å². The molecule has 9 heteroatoms. The molecule has 1 aromatic carbocycles. The zero-order chi connectivity index (χ0) is 20.4. The van der Waals surface area contributed by atoms with Gasteiger partial charge < -0.3 is 23.7 Å². The van der Waals surface area contributed by atoms with Gasteiger partial charge in [0.05, 0.1) is 18.7 Å². The molecule has 0 saturated carbocycles. The van der Waals surface area contributed by atoms with Gasteiger partial charge in [-0.1, -0.05) is 0 Å². The second-order valence-corrected chi connectivity index (χ2v) is 6.91. The zero-order valence-corrected chi connectivity index (χ0v) is 17.0. The van der Waals surface area contributed by atoms with E-state index in [0.717, 1.165) is 0 Å². The molecule has 1 aliphatic heterocycles. The molecule has 8 nitrogen and oxygen atoms in total. The van der Waals surface area contributed by atoms with Crippen molar-refractivity contribution in [3.8, 4) is 11.5 Å². The first-order chi connectivity index (χ1) is 12.6. The second kappa shape index (κ2) is 7.99. The van der Waals surface area contributed by atoms with Gasteiger partial charge in [-0.15, -0.1) is 0 Å². The third kappa shape index (κ3) is 4.79. The first-order valence-corrected chi connectivity index (χ1v) is 8.67. The normalized spacial score (nSPS) is 16.7. The first-order valence-electron chi connectivity index (χ1n) is 7.88. The molecule has 2 rings (SSSR count). The molecule has 27 heavy (non-hydrogen) atoms. The van der Waals surface area contributed by atoms with Gasteiger partial charge in [-0.3, -0.25) is 0 Å². The maximum atomic E-state index is 12.1. The Morgan fingerprint density at radius 2 is 1.78 bits per heavy atom. The van der Waals surface area contributed by atoms with Gasteiger partial charge in [0.15, 0.2) is 17.6 Å². The fourth-order valence-corrected chi connectivity index (χ4v) is 2.83. The summed E-state index contributed by atoms with van der Waals surface area (Å²) in [4.78, 5) is 35.7. The van der Waals surface area contributed by atoms with Crippen LogP contribution in [0.5, 0.6) is 11.5 Å². The molecule has 146 valence electrons. The van der Waals surface area contributed by atoms with Crippen LogP contribution in [-0.2, 0) is 28.6 Å². The SMILES string of the molecule is COC(=O)C(C)Oc1c(Br)cc(C=C2C(=O)OC(C)(C)OC2=O)cc1OC. The van der Waals surface area contributed by atoms with Crippen LogP contribution in [0, 0.1) is 0 Å². The molecular weight excluding hydrogens is 424 g/mol. The summed E-state index contributed by atoms with van der Waals surface area (Å²) < 4.78 is 26.1. The van der Waals surface area contributed by atoms with Gasteiger partial charge in [0.25, 0.3) is 5.79 Å². The molecule has 1 heterocycles. The van der Waals surface area contributed by atoms with E-state index < -0.39 is 29.8 Å². The lowest BCUT2D eigenvalue weighted by Gasteiger charge is -2.29. The number of halogens is 1. The summed E-state index contributed by atoms with van der Waals surface area (Å²) in [6.45, 7) is 4.46. The van der Waals surface area contributed by atoms with Crippen LogP contribution < -0.4 is 9.47 Å². The van der Waals surface area contributed by atoms with E-state index in [4.69, 9.17) is 18.9 Å². The van der Waals surface area contributed by atoms with Crippen molar-refractivity contribution in [2.75, 3.05) is 14.2 Å². The van der Waals surface area contributed by atoms with Gasteiger partial charge in [0, 0.05) is 13.8 Å². The van der Waals surface area contributed by atoms with Gasteiger partial charge in [0.1, 0.15) is 5.57 Å². The van der Waals surface area contributed by atoms with Crippen LogP contribution in [0.1, 0.15) is 26.3 Å². The number of rotatable bonds is 5. The summed E-state index contributed by atoms with van der Waals surface area (Å²) in [6.07, 6.45) is 0.454. The Bertz CT molecular complexity index is 790. The summed E-state index contributed by atoms with van der Waals surface area (Å²) >= 11 is 3.33. The fourth-order valence-electron chi connectivity index (χ4n) is 2.27. The average molecular weight is 443 g/mol. The topological polar surface area (TPSA) is 97.4 Å². The molecule has 1 aliphatic rings. The molecule has 1 unspecified atom stereocenters. The molecule has 0 radical (unpaired) electrons. The van der Waals surface area contributed by atoms with Crippen LogP contribution in [0.3, 0.4) is 0 Å². The van der Waals surface area contributed by atoms with Crippen molar-refractivity contribution in [1.82, 2.24) is 0 Å². The monoisotopic (exact) mass is 442 g/mol. The molecule has 0 bridgehead atoms. The first kappa shape index (κ1) is 20.8. The molecular formula is C18H19BrO8. The second-order valence-electron chi connectivity index (χ2n) is 6.05. The van der Waals surface area contributed by atoms with E-state index in [1.165, 1.54) is 47.1 Å². The number of esters is 3.